The molecule has 0 spiro atoms. The van der Waals surface area contributed by atoms with Crippen molar-refractivity contribution >= 4 is 34.7 Å². The summed E-state index contributed by atoms with van der Waals surface area (Å²) in [6, 6.07) is 9.38. The lowest BCUT2D eigenvalue weighted by atomic mass is 10.2. The van der Waals surface area contributed by atoms with Crippen LogP contribution < -0.4 is 4.74 Å². The molecule has 0 unspecified atom stereocenters. The zero-order chi connectivity index (χ0) is 19.6. The Kier molecular flexibility index (Phi) is 5.22. The minimum Gasteiger partial charge on any atom is -0.439 e. The standard InChI is InChI=1S/C18H15N3O5S/c1-11(2)20-17(22)15(27-18(20)23)9-12-3-6-14(7-4-12)26-16-8-5-13(10-19-16)21(24)25/h3-11H,1-2H3/b15-9-. The average molecular weight is 385 g/mol. The molecule has 0 radical (unpaired) electrons. The molecule has 138 valence electrons. The predicted octanol–water partition coefficient (Wildman–Crippen LogP) is 4.23. The Morgan fingerprint density at radius 2 is 1.89 bits per heavy atom. The molecule has 2 amide bonds. The number of imide groups is 1. The highest BCUT2D eigenvalue weighted by molar-refractivity contribution is 8.18. The van der Waals surface area contributed by atoms with Crippen molar-refractivity contribution in [2.24, 2.45) is 0 Å². The van der Waals surface area contributed by atoms with Gasteiger partial charge in [-0.1, -0.05) is 12.1 Å². The van der Waals surface area contributed by atoms with Crippen LogP contribution in [0, 0.1) is 10.1 Å². The molecule has 2 aromatic rings. The van der Waals surface area contributed by atoms with Gasteiger partial charge in [0, 0.05) is 18.2 Å². The number of aromatic nitrogens is 1. The third kappa shape index (κ3) is 4.14. The average Bonchev–Trinajstić information content (AvgIpc) is 2.90. The third-order valence-corrected chi connectivity index (χ3v) is 4.56. The highest BCUT2D eigenvalue weighted by Gasteiger charge is 2.36. The number of hydrogen-bond donors (Lipinski definition) is 0. The normalized spacial score (nSPS) is 15.7. The molecule has 2 heterocycles. The largest absolute Gasteiger partial charge is 0.439 e. The second-order valence-corrected chi connectivity index (χ2v) is 6.92. The van der Waals surface area contributed by atoms with Crippen molar-refractivity contribution in [2.75, 3.05) is 0 Å². The number of nitrogens with zero attached hydrogens (tertiary/aromatic N) is 3. The summed E-state index contributed by atoms with van der Waals surface area (Å²) in [5.41, 5.74) is 0.626. The van der Waals surface area contributed by atoms with Gasteiger partial charge < -0.3 is 4.74 Å². The van der Waals surface area contributed by atoms with E-state index in [4.69, 9.17) is 4.74 Å². The number of thioether (sulfide) groups is 1. The number of rotatable bonds is 5. The van der Waals surface area contributed by atoms with E-state index in [0.717, 1.165) is 23.5 Å². The second kappa shape index (κ2) is 7.58. The van der Waals surface area contributed by atoms with Gasteiger partial charge in [0.1, 0.15) is 11.9 Å². The van der Waals surface area contributed by atoms with Crippen molar-refractivity contribution in [2.45, 2.75) is 19.9 Å². The van der Waals surface area contributed by atoms with Gasteiger partial charge in [-0.15, -0.1) is 0 Å². The zero-order valence-corrected chi connectivity index (χ0v) is 15.3. The molecule has 8 nitrogen and oxygen atoms in total. The van der Waals surface area contributed by atoms with E-state index in [0.29, 0.717) is 10.7 Å². The molecule has 1 aromatic heterocycles. The van der Waals surface area contributed by atoms with Gasteiger partial charge in [0.2, 0.25) is 5.88 Å². The Morgan fingerprint density at radius 3 is 2.41 bits per heavy atom. The minimum atomic E-state index is -0.535. The van der Waals surface area contributed by atoms with E-state index in [2.05, 4.69) is 4.98 Å². The Balaban J connectivity index is 1.71. The first-order valence-electron chi connectivity index (χ1n) is 8.00. The number of amides is 2. The summed E-state index contributed by atoms with van der Waals surface area (Å²) in [5.74, 6) is 0.422. The van der Waals surface area contributed by atoms with Crippen LogP contribution in [0.5, 0.6) is 11.6 Å². The molecule has 27 heavy (non-hydrogen) atoms. The van der Waals surface area contributed by atoms with Gasteiger partial charge in [-0.25, -0.2) is 4.98 Å². The van der Waals surface area contributed by atoms with Gasteiger partial charge in [-0.2, -0.15) is 0 Å². The fraction of sp³-hybridized carbons (Fsp3) is 0.167. The summed E-state index contributed by atoms with van der Waals surface area (Å²) < 4.78 is 5.54. The summed E-state index contributed by atoms with van der Waals surface area (Å²) >= 11 is 0.918. The summed E-state index contributed by atoms with van der Waals surface area (Å²) in [4.78, 5) is 39.8. The fourth-order valence-electron chi connectivity index (χ4n) is 2.37. The third-order valence-electron chi connectivity index (χ3n) is 3.67. The van der Waals surface area contributed by atoms with Crippen molar-refractivity contribution in [1.82, 2.24) is 9.88 Å². The molecule has 9 heteroatoms. The second-order valence-electron chi connectivity index (χ2n) is 5.93. The van der Waals surface area contributed by atoms with E-state index in [1.165, 1.54) is 17.0 Å². The lowest BCUT2D eigenvalue weighted by Gasteiger charge is -2.16. The van der Waals surface area contributed by atoms with Crippen LogP contribution in [0.2, 0.25) is 0 Å². The highest BCUT2D eigenvalue weighted by atomic mass is 32.2. The SMILES string of the molecule is CC(C)N1C(=O)S/C(=C\c2ccc(Oc3ccc([N+](=O)[O-])cn3)cc2)C1=O. The van der Waals surface area contributed by atoms with Crippen molar-refractivity contribution < 1.29 is 19.2 Å². The fourth-order valence-corrected chi connectivity index (χ4v) is 3.33. The van der Waals surface area contributed by atoms with E-state index in [1.807, 2.05) is 0 Å². The van der Waals surface area contributed by atoms with Crippen LogP contribution in [0.4, 0.5) is 10.5 Å². The number of carbonyl (C=O) groups is 2. The maximum Gasteiger partial charge on any atom is 0.293 e. The van der Waals surface area contributed by atoms with Gasteiger partial charge in [-0.05, 0) is 49.4 Å². The first kappa shape index (κ1) is 18.6. The van der Waals surface area contributed by atoms with E-state index >= 15 is 0 Å². The minimum absolute atomic E-state index is 0.118. The molecule has 0 aliphatic carbocycles. The van der Waals surface area contributed by atoms with Gasteiger partial charge in [0.25, 0.3) is 16.8 Å². The Bertz CT molecular complexity index is 923. The molecule has 1 fully saturated rings. The van der Waals surface area contributed by atoms with E-state index in [9.17, 15) is 19.7 Å². The molecule has 0 N–H and O–H groups in total. The summed E-state index contributed by atoms with van der Waals surface area (Å²) in [6.07, 6.45) is 2.77. The van der Waals surface area contributed by atoms with Gasteiger partial charge >= 0.3 is 0 Å². The molecule has 1 aromatic carbocycles. The molecule has 1 saturated heterocycles. The number of hydrogen-bond acceptors (Lipinski definition) is 7. The number of carbonyl (C=O) groups excluding carboxylic acids is 2. The van der Waals surface area contributed by atoms with Crippen LogP contribution >= 0.6 is 11.8 Å². The Hall–Kier alpha value is -3.20. The van der Waals surface area contributed by atoms with Crippen LogP contribution in [-0.4, -0.2) is 32.0 Å². The zero-order valence-electron chi connectivity index (χ0n) is 14.5. The monoisotopic (exact) mass is 385 g/mol. The Morgan fingerprint density at radius 1 is 1.19 bits per heavy atom. The molecule has 1 aliphatic rings. The summed E-state index contributed by atoms with van der Waals surface area (Å²) in [7, 11) is 0. The van der Waals surface area contributed by atoms with Crippen LogP contribution in [0.3, 0.4) is 0 Å². The smallest absolute Gasteiger partial charge is 0.293 e. The van der Waals surface area contributed by atoms with Gasteiger partial charge in [0.15, 0.2) is 0 Å². The molecule has 3 rings (SSSR count). The van der Waals surface area contributed by atoms with Crippen molar-refractivity contribution in [1.29, 1.82) is 0 Å². The topological polar surface area (TPSA) is 103 Å². The van der Waals surface area contributed by atoms with E-state index < -0.39 is 4.92 Å². The first-order valence-corrected chi connectivity index (χ1v) is 8.82. The number of pyridine rings is 1. The predicted molar refractivity (Wildman–Crippen MR) is 100 cm³/mol. The van der Waals surface area contributed by atoms with Crippen molar-refractivity contribution in [3.63, 3.8) is 0 Å². The van der Waals surface area contributed by atoms with Crippen LogP contribution in [0.15, 0.2) is 47.5 Å². The summed E-state index contributed by atoms with van der Waals surface area (Å²) in [5, 5.41) is 10.3. The maximum atomic E-state index is 12.3. The summed E-state index contributed by atoms with van der Waals surface area (Å²) in [6.45, 7) is 3.58. The first-order chi connectivity index (χ1) is 12.8. The Labute approximate surface area is 159 Å². The van der Waals surface area contributed by atoms with E-state index in [-0.39, 0.29) is 28.8 Å². The van der Waals surface area contributed by atoms with Gasteiger partial charge in [0.05, 0.1) is 9.83 Å². The number of nitro groups is 1. The molecule has 1 aliphatic heterocycles. The van der Waals surface area contributed by atoms with Crippen LogP contribution in [0.1, 0.15) is 19.4 Å². The number of ether oxygens (including phenoxy) is 1. The van der Waals surface area contributed by atoms with Crippen molar-refractivity contribution in [3.8, 4) is 11.6 Å². The molecular weight excluding hydrogens is 370 g/mol. The molecule has 0 saturated carbocycles. The van der Waals surface area contributed by atoms with Crippen LogP contribution in [0.25, 0.3) is 6.08 Å². The number of benzene rings is 1. The highest BCUT2D eigenvalue weighted by Crippen LogP contribution is 2.33. The lowest BCUT2D eigenvalue weighted by molar-refractivity contribution is -0.385. The quantitative estimate of drug-likeness (QED) is 0.431. The van der Waals surface area contributed by atoms with Crippen LogP contribution in [-0.2, 0) is 4.79 Å². The van der Waals surface area contributed by atoms with Crippen molar-refractivity contribution in [3.05, 3.63) is 63.2 Å². The lowest BCUT2D eigenvalue weighted by Crippen LogP contribution is -2.34. The molecule has 0 atom stereocenters. The van der Waals surface area contributed by atoms with E-state index in [1.54, 1.807) is 44.2 Å². The molecular formula is C18H15N3O5S. The maximum absolute atomic E-state index is 12.3. The van der Waals surface area contributed by atoms with Gasteiger partial charge in [-0.3, -0.25) is 24.6 Å². The molecule has 0 bridgehead atoms.